The number of ketones is 1. The van der Waals surface area contributed by atoms with E-state index in [2.05, 4.69) is 15.0 Å². The molecule has 1 N–H and O–H groups in total. The Kier molecular flexibility index (Phi) is 6.48. The molecular weight excluding hydrogens is 487 g/mol. The van der Waals surface area contributed by atoms with Crippen molar-refractivity contribution in [2.75, 3.05) is 25.1 Å². The van der Waals surface area contributed by atoms with Crippen molar-refractivity contribution < 1.29 is 31.5 Å². The minimum Gasteiger partial charge on any atom is -0.491 e. The topological polar surface area (TPSA) is 88.2 Å². The molecule has 1 fully saturated rings. The van der Waals surface area contributed by atoms with Crippen LogP contribution in [-0.4, -0.2) is 46.9 Å². The summed E-state index contributed by atoms with van der Waals surface area (Å²) in [5, 5.41) is -0.0295. The van der Waals surface area contributed by atoms with Crippen molar-refractivity contribution in [3.8, 4) is 17.0 Å². The number of aryl methyl sites for hydroxylation is 1. The fourth-order valence-electron chi connectivity index (χ4n) is 4.46. The maximum atomic E-state index is 14.0. The maximum Gasteiger partial charge on any atom is 0.433 e. The number of aromatic nitrogens is 3. The highest BCUT2D eigenvalue weighted by Gasteiger charge is 2.38. The number of alkyl halides is 5. The van der Waals surface area contributed by atoms with E-state index in [4.69, 9.17) is 4.74 Å². The molecule has 1 saturated heterocycles. The molecule has 0 radical (unpaired) electrons. The third kappa shape index (κ3) is 4.63. The first kappa shape index (κ1) is 25.5. The quantitative estimate of drug-likeness (QED) is 0.386. The van der Waals surface area contributed by atoms with Gasteiger partial charge < -0.3 is 14.6 Å². The van der Waals surface area contributed by atoms with Gasteiger partial charge in [-0.3, -0.25) is 14.6 Å². The summed E-state index contributed by atoms with van der Waals surface area (Å²) in [6.45, 7) is 2.29. The largest absolute Gasteiger partial charge is 0.491 e. The Bertz CT molecular complexity index is 1400. The van der Waals surface area contributed by atoms with Gasteiger partial charge in [-0.25, -0.2) is 13.8 Å². The molecule has 4 heterocycles. The van der Waals surface area contributed by atoms with Gasteiger partial charge in [-0.1, -0.05) is 0 Å². The number of nitrogens with one attached hydrogen (secondary N) is 1. The molecule has 192 valence electrons. The van der Waals surface area contributed by atoms with E-state index in [-0.39, 0.29) is 64.5 Å². The number of rotatable bonds is 4. The second kappa shape index (κ2) is 9.14. The number of fused-ring (bicyclic) bond motifs is 1. The fourth-order valence-corrected chi connectivity index (χ4v) is 4.46. The number of methoxy groups -OCH3 is 1. The predicted molar refractivity (Wildman–Crippen MR) is 123 cm³/mol. The molecule has 0 unspecified atom stereocenters. The van der Waals surface area contributed by atoms with Crippen molar-refractivity contribution in [1.29, 1.82) is 0 Å². The fraction of sp³-hybridized carbons (Fsp3) is 0.417. The van der Waals surface area contributed by atoms with E-state index in [1.165, 1.54) is 44.2 Å². The highest BCUT2D eigenvalue weighted by Crippen LogP contribution is 2.41. The summed E-state index contributed by atoms with van der Waals surface area (Å²) in [5.41, 5.74) is -1.83. The number of ether oxygens (including phenoxy) is 1. The molecule has 0 amide bonds. The van der Waals surface area contributed by atoms with Gasteiger partial charge in [0.05, 0.1) is 23.7 Å². The number of aromatic amines is 1. The lowest BCUT2D eigenvalue weighted by molar-refractivity contribution is -0.141. The zero-order valence-corrected chi connectivity index (χ0v) is 19.7. The van der Waals surface area contributed by atoms with Gasteiger partial charge in [0.1, 0.15) is 17.2 Å². The van der Waals surface area contributed by atoms with Gasteiger partial charge in [0.15, 0.2) is 11.5 Å². The molecule has 12 heteroatoms. The van der Waals surface area contributed by atoms with Gasteiger partial charge in [-0.15, -0.1) is 0 Å². The highest BCUT2D eigenvalue weighted by atomic mass is 19.4. The molecule has 1 aliphatic rings. The van der Waals surface area contributed by atoms with Crippen LogP contribution in [0.3, 0.4) is 0 Å². The first-order valence-electron chi connectivity index (χ1n) is 11.2. The number of pyridine rings is 3. The third-order valence-corrected chi connectivity index (χ3v) is 6.16. The summed E-state index contributed by atoms with van der Waals surface area (Å²) in [6.07, 6.45) is -4.37. The average molecular weight is 510 g/mol. The number of carbonyl (C=O) groups excluding carboxylic acids is 1. The molecule has 0 aromatic carbocycles. The zero-order chi connectivity index (χ0) is 26.4. The van der Waals surface area contributed by atoms with Crippen LogP contribution in [0.5, 0.6) is 5.75 Å². The molecule has 0 atom stereocenters. The lowest BCUT2D eigenvalue weighted by Gasteiger charge is -2.26. The van der Waals surface area contributed by atoms with E-state index < -0.39 is 41.8 Å². The Morgan fingerprint density at radius 1 is 1.22 bits per heavy atom. The minimum absolute atomic E-state index is 0.0195. The molecule has 0 bridgehead atoms. The van der Waals surface area contributed by atoms with Crippen LogP contribution in [0.15, 0.2) is 23.1 Å². The number of hydrogen-bond donors (Lipinski definition) is 1. The molecule has 0 spiro atoms. The normalized spacial score (nSPS) is 16.2. The number of hydrogen-bond acceptors (Lipinski definition) is 6. The highest BCUT2D eigenvalue weighted by molar-refractivity contribution is 6.05. The van der Waals surface area contributed by atoms with E-state index in [9.17, 15) is 31.5 Å². The second-order valence-corrected chi connectivity index (χ2v) is 8.72. The van der Waals surface area contributed by atoms with E-state index in [0.717, 1.165) is 0 Å². The van der Waals surface area contributed by atoms with E-state index >= 15 is 0 Å². The first-order valence-corrected chi connectivity index (χ1v) is 11.2. The molecule has 7 nitrogen and oxygen atoms in total. The Labute approximate surface area is 202 Å². The smallest absolute Gasteiger partial charge is 0.433 e. The van der Waals surface area contributed by atoms with Crippen molar-refractivity contribution in [2.24, 2.45) is 0 Å². The van der Waals surface area contributed by atoms with Gasteiger partial charge in [-0.05, 0) is 31.0 Å². The molecule has 3 aromatic rings. The SMILES string of the molecule is COc1c(-c2cc(C)c(C(F)(F)F)nc2N2CCCC(F)(F)CC2)[nH]c2ccnc(C(C)=O)c2c1=O. The number of Topliss-reactive ketones (excluding diaryl/α,β-unsaturated/α-hetero) is 1. The average Bonchev–Trinajstić information content (AvgIpc) is 2.97. The summed E-state index contributed by atoms with van der Waals surface area (Å²) in [5.74, 6) is -3.86. The molecule has 0 saturated carbocycles. The summed E-state index contributed by atoms with van der Waals surface area (Å²) in [7, 11) is 1.21. The number of H-pyrrole nitrogens is 1. The van der Waals surface area contributed by atoms with Gasteiger partial charge in [0, 0.05) is 44.6 Å². The lowest BCUT2D eigenvalue weighted by Crippen LogP contribution is -2.28. The van der Waals surface area contributed by atoms with E-state index in [1.54, 1.807) is 0 Å². The van der Waals surface area contributed by atoms with Gasteiger partial charge in [0.25, 0.3) is 0 Å². The van der Waals surface area contributed by atoms with Crippen LogP contribution >= 0.6 is 0 Å². The second-order valence-electron chi connectivity index (χ2n) is 8.72. The summed E-state index contributed by atoms with van der Waals surface area (Å²) >= 11 is 0. The monoisotopic (exact) mass is 510 g/mol. The van der Waals surface area contributed by atoms with Crippen molar-refractivity contribution in [3.05, 3.63) is 45.5 Å². The van der Waals surface area contributed by atoms with Crippen molar-refractivity contribution in [3.63, 3.8) is 0 Å². The summed E-state index contributed by atoms with van der Waals surface area (Å²) in [6, 6.07) is 2.66. The van der Waals surface area contributed by atoms with Crippen molar-refractivity contribution in [2.45, 2.75) is 45.2 Å². The van der Waals surface area contributed by atoms with Crippen LogP contribution in [0.1, 0.15) is 47.9 Å². The van der Waals surface area contributed by atoms with Gasteiger partial charge in [-0.2, -0.15) is 13.2 Å². The molecule has 36 heavy (non-hydrogen) atoms. The van der Waals surface area contributed by atoms with E-state index in [0.29, 0.717) is 0 Å². The van der Waals surface area contributed by atoms with Crippen LogP contribution < -0.4 is 15.1 Å². The number of carbonyl (C=O) groups is 1. The predicted octanol–water partition coefficient (Wildman–Crippen LogP) is 5.15. The van der Waals surface area contributed by atoms with E-state index in [1.807, 2.05) is 0 Å². The Morgan fingerprint density at radius 2 is 1.94 bits per heavy atom. The Balaban J connectivity index is 2.03. The van der Waals surface area contributed by atoms with Crippen LogP contribution in [0.2, 0.25) is 0 Å². The number of halogens is 5. The third-order valence-electron chi connectivity index (χ3n) is 6.16. The van der Waals surface area contributed by atoms with Crippen LogP contribution in [-0.2, 0) is 6.18 Å². The summed E-state index contributed by atoms with van der Waals surface area (Å²) < 4.78 is 74.6. The molecule has 3 aromatic heterocycles. The van der Waals surface area contributed by atoms with Crippen molar-refractivity contribution >= 4 is 22.5 Å². The Hall–Kier alpha value is -3.57. The van der Waals surface area contributed by atoms with Gasteiger partial charge in [0.2, 0.25) is 11.4 Å². The minimum atomic E-state index is -4.78. The van der Waals surface area contributed by atoms with Crippen LogP contribution in [0.4, 0.5) is 27.8 Å². The maximum absolute atomic E-state index is 14.0. The molecular formula is C24H23F5N4O3. The van der Waals surface area contributed by atoms with Gasteiger partial charge >= 0.3 is 6.18 Å². The van der Waals surface area contributed by atoms with Crippen molar-refractivity contribution in [1.82, 2.24) is 15.0 Å². The molecule has 0 aliphatic carbocycles. The first-order chi connectivity index (χ1) is 16.8. The lowest BCUT2D eigenvalue weighted by atomic mass is 10.0. The zero-order valence-electron chi connectivity index (χ0n) is 19.7. The Morgan fingerprint density at radius 3 is 2.58 bits per heavy atom. The van der Waals surface area contributed by atoms with Crippen LogP contribution in [0.25, 0.3) is 22.2 Å². The molecule has 1 aliphatic heterocycles. The number of anilines is 1. The van der Waals surface area contributed by atoms with Crippen LogP contribution in [0, 0.1) is 6.92 Å². The summed E-state index contributed by atoms with van der Waals surface area (Å²) in [4.78, 5) is 37.6. The molecule has 4 rings (SSSR count). The standard InChI is InChI=1S/C24H23F5N4O3/c1-12-11-14(18-20(36-3)19(35)16-15(31-18)5-8-30-17(16)13(2)34)22(32-21(12)24(27,28)29)33-9-4-6-23(25,26)7-10-33/h5,8,11H,4,6-7,9-10H2,1-3H3,(H,31,35). The number of nitrogens with zero attached hydrogens (tertiary/aromatic N) is 3.